The van der Waals surface area contributed by atoms with Gasteiger partial charge in [-0.1, -0.05) is 24.3 Å². The molecule has 4 N–H and O–H groups in total. The number of nitrogens with zero attached hydrogens (tertiary/aromatic N) is 1. The third kappa shape index (κ3) is 5.87. The maximum Gasteiger partial charge on any atom is 0.254 e. The molecule has 1 heterocycles. The van der Waals surface area contributed by atoms with Crippen molar-refractivity contribution in [2.75, 3.05) is 6.61 Å². The molecule has 9 heteroatoms. The van der Waals surface area contributed by atoms with Gasteiger partial charge in [0.25, 0.3) is 5.91 Å². The highest BCUT2D eigenvalue weighted by molar-refractivity contribution is 5.94. The minimum atomic E-state index is -1.44. The predicted molar refractivity (Wildman–Crippen MR) is 121 cm³/mol. The molecule has 0 aliphatic carbocycles. The zero-order valence-electron chi connectivity index (χ0n) is 17.3. The lowest BCUT2D eigenvalue weighted by Crippen LogP contribution is -2.31. The minimum Gasteiger partial charge on any atom is -0.384 e. The first kappa shape index (κ1) is 24.9. The summed E-state index contributed by atoms with van der Waals surface area (Å²) in [5.74, 6) is -2.46. The zero-order valence-corrected chi connectivity index (χ0v) is 18.1. The average molecular weight is 461 g/mol. The van der Waals surface area contributed by atoms with E-state index in [-0.39, 0.29) is 31.4 Å². The lowest BCUT2D eigenvalue weighted by atomic mass is 10.0. The lowest BCUT2D eigenvalue weighted by Gasteiger charge is -2.19. The van der Waals surface area contributed by atoms with Gasteiger partial charge in [-0.3, -0.25) is 15.2 Å². The Labute approximate surface area is 190 Å². The summed E-state index contributed by atoms with van der Waals surface area (Å²) >= 11 is 0. The summed E-state index contributed by atoms with van der Waals surface area (Å²) in [4.78, 5) is 16.6. The number of carbonyl (C=O) groups is 1. The van der Waals surface area contributed by atoms with Crippen molar-refractivity contribution in [1.29, 1.82) is 5.41 Å². The number of amides is 1. The van der Waals surface area contributed by atoms with Crippen LogP contribution in [0.4, 0.5) is 8.78 Å². The Morgan fingerprint density at radius 2 is 1.69 bits per heavy atom. The molecule has 0 aliphatic heterocycles. The summed E-state index contributed by atoms with van der Waals surface area (Å²) in [6, 6.07) is 12.3. The van der Waals surface area contributed by atoms with Crippen molar-refractivity contribution < 1.29 is 18.3 Å². The average Bonchev–Trinajstić information content (AvgIpc) is 2.77. The topological polar surface area (TPSA) is 101 Å². The summed E-state index contributed by atoms with van der Waals surface area (Å²) in [7, 11) is 0. The van der Waals surface area contributed by atoms with E-state index in [4.69, 9.17) is 15.9 Å². The van der Waals surface area contributed by atoms with E-state index in [1.165, 1.54) is 24.5 Å². The second-order valence-corrected chi connectivity index (χ2v) is 6.75. The monoisotopic (exact) mass is 460 g/mol. The van der Waals surface area contributed by atoms with Crippen LogP contribution in [0.5, 0.6) is 0 Å². The van der Waals surface area contributed by atoms with Crippen molar-refractivity contribution in [3.05, 3.63) is 89.2 Å². The highest BCUT2D eigenvalue weighted by Crippen LogP contribution is 2.29. The molecule has 0 fully saturated rings. The van der Waals surface area contributed by atoms with Crippen LogP contribution in [0.3, 0.4) is 0 Å². The Morgan fingerprint density at radius 1 is 1.09 bits per heavy atom. The van der Waals surface area contributed by atoms with E-state index in [0.29, 0.717) is 16.7 Å². The Morgan fingerprint density at radius 3 is 2.22 bits per heavy atom. The van der Waals surface area contributed by atoms with Crippen LogP contribution in [0.15, 0.2) is 60.9 Å². The zero-order chi connectivity index (χ0) is 22.4. The lowest BCUT2D eigenvalue weighted by molar-refractivity contribution is -0.133. The van der Waals surface area contributed by atoms with Crippen LogP contribution < -0.4 is 11.1 Å². The molecule has 1 amide bonds. The number of amidine groups is 1. The van der Waals surface area contributed by atoms with Crippen LogP contribution in [0.1, 0.15) is 29.7 Å². The van der Waals surface area contributed by atoms with Crippen molar-refractivity contribution in [2.45, 2.75) is 19.6 Å². The first-order chi connectivity index (χ1) is 14.9. The SMILES string of the molecule is CCOC(C(=O)NCc1ccc(C(=N)N)cc1)c1c(F)cc(-c2ccncc2)cc1F.Cl. The number of pyridine rings is 1. The smallest absolute Gasteiger partial charge is 0.254 e. The van der Waals surface area contributed by atoms with Crippen LogP contribution in [0.25, 0.3) is 11.1 Å². The van der Waals surface area contributed by atoms with Gasteiger partial charge in [0.05, 0.1) is 5.56 Å². The maximum atomic E-state index is 14.9. The molecule has 3 rings (SSSR count). The van der Waals surface area contributed by atoms with Gasteiger partial charge >= 0.3 is 0 Å². The number of benzene rings is 2. The molecule has 2 aromatic carbocycles. The van der Waals surface area contributed by atoms with E-state index in [2.05, 4.69) is 10.3 Å². The summed E-state index contributed by atoms with van der Waals surface area (Å²) in [6.45, 7) is 1.86. The number of ether oxygens (including phenoxy) is 1. The van der Waals surface area contributed by atoms with Crippen LogP contribution in [0, 0.1) is 17.0 Å². The number of carbonyl (C=O) groups excluding carboxylic acids is 1. The van der Waals surface area contributed by atoms with Gasteiger partial charge in [-0.2, -0.15) is 0 Å². The quantitative estimate of drug-likeness (QED) is 0.347. The second kappa shape index (κ2) is 11.3. The molecule has 0 saturated carbocycles. The molecule has 0 spiro atoms. The minimum absolute atomic E-state index is 0. The number of halogens is 3. The van der Waals surface area contributed by atoms with Crippen molar-refractivity contribution in [3.63, 3.8) is 0 Å². The van der Waals surface area contributed by atoms with E-state index in [9.17, 15) is 13.6 Å². The highest BCUT2D eigenvalue weighted by atomic mass is 35.5. The number of hydrogen-bond donors (Lipinski definition) is 3. The van der Waals surface area contributed by atoms with Crippen molar-refractivity contribution in [1.82, 2.24) is 10.3 Å². The predicted octanol–water partition coefficient (Wildman–Crippen LogP) is 4.13. The summed E-state index contributed by atoms with van der Waals surface area (Å²) in [5.41, 5.74) is 7.21. The van der Waals surface area contributed by atoms with Gasteiger partial charge in [0, 0.05) is 31.1 Å². The number of nitrogens with one attached hydrogen (secondary N) is 2. The van der Waals surface area contributed by atoms with Gasteiger partial charge in [0.15, 0.2) is 6.10 Å². The molecule has 168 valence electrons. The summed E-state index contributed by atoms with van der Waals surface area (Å²) in [5, 5.41) is 10.0. The first-order valence-electron chi connectivity index (χ1n) is 9.62. The van der Waals surface area contributed by atoms with Gasteiger partial charge in [-0.05, 0) is 47.9 Å². The Kier molecular flexibility index (Phi) is 8.80. The fraction of sp³-hybridized carbons (Fsp3) is 0.174. The third-order valence-corrected chi connectivity index (χ3v) is 4.66. The van der Waals surface area contributed by atoms with Crippen LogP contribution >= 0.6 is 12.4 Å². The Balaban J connectivity index is 0.00000363. The summed E-state index contributed by atoms with van der Waals surface area (Å²) < 4.78 is 35.1. The second-order valence-electron chi connectivity index (χ2n) is 6.75. The Bertz CT molecular complexity index is 1060. The van der Waals surface area contributed by atoms with E-state index in [0.717, 1.165) is 5.56 Å². The van der Waals surface area contributed by atoms with E-state index < -0.39 is 29.2 Å². The largest absolute Gasteiger partial charge is 0.384 e. The molecular formula is C23H23ClF2N4O2. The van der Waals surface area contributed by atoms with Crippen molar-refractivity contribution >= 4 is 24.1 Å². The number of rotatable bonds is 8. The number of aromatic nitrogens is 1. The molecule has 1 aromatic heterocycles. The highest BCUT2D eigenvalue weighted by Gasteiger charge is 2.28. The molecule has 32 heavy (non-hydrogen) atoms. The van der Waals surface area contributed by atoms with Gasteiger partial charge in [0.1, 0.15) is 17.5 Å². The Hall–Kier alpha value is -3.36. The van der Waals surface area contributed by atoms with Crippen LogP contribution in [-0.4, -0.2) is 23.3 Å². The van der Waals surface area contributed by atoms with Crippen molar-refractivity contribution in [2.24, 2.45) is 5.73 Å². The van der Waals surface area contributed by atoms with E-state index in [1.54, 1.807) is 43.3 Å². The van der Waals surface area contributed by atoms with E-state index in [1.807, 2.05) is 0 Å². The third-order valence-electron chi connectivity index (χ3n) is 4.66. The van der Waals surface area contributed by atoms with E-state index >= 15 is 0 Å². The molecule has 0 bridgehead atoms. The van der Waals surface area contributed by atoms with Gasteiger partial charge in [-0.15, -0.1) is 12.4 Å². The fourth-order valence-corrected chi connectivity index (χ4v) is 3.09. The molecule has 0 aliphatic rings. The van der Waals surface area contributed by atoms with Crippen LogP contribution in [0.2, 0.25) is 0 Å². The van der Waals surface area contributed by atoms with Gasteiger partial charge in [-0.25, -0.2) is 8.78 Å². The maximum absolute atomic E-state index is 14.9. The summed E-state index contributed by atoms with van der Waals surface area (Å²) in [6.07, 6.45) is 1.62. The number of nitrogen functional groups attached to an aromatic ring is 1. The molecule has 0 radical (unpaired) electrons. The first-order valence-corrected chi connectivity index (χ1v) is 9.62. The molecule has 6 nitrogen and oxygen atoms in total. The molecule has 1 unspecified atom stereocenters. The number of hydrogen-bond acceptors (Lipinski definition) is 4. The molecular weight excluding hydrogens is 438 g/mol. The standard InChI is InChI=1S/C23H22F2N4O2.ClH/c1-2-31-21(23(30)29-13-14-3-5-16(6-4-14)22(26)27)20-18(24)11-17(12-19(20)25)15-7-9-28-10-8-15;/h3-12,21H,2,13H2,1H3,(H3,26,27)(H,29,30);1H. The fourth-order valence-electron chi connectivity index (χ4n) is 3.09. The normalized spacial score (nSPS) is 11.3. The molecule has 1 atom stereocenters. The van der Waals surface area contributed by atoms with Crippen LogP contribution in [-0.2, 0) is 16.1 Å². The van der Waals surface area contributed by atoms with Crippen molar-refractivity contribution in [3.8, 4) is 11.1 Å². The van der Waals surface area contributed by atoms with Gasteiger partial charge in [0.2, 0.25) is 0 Å². The molecule has 3 aromatic rings. The number of nitrogens with two attached hydrogens (primary N) is 1. The van der Waals surface area contributed by atoms with Gasteiger partial charge < -0.3 is 15.8 Å². The molecule has 0 saturated heterocycles.